The third-order valence-electron chi connectivity index (χ3n) is 4.04. The SMILES string of the molecule is C=CCNC(=O)c1cnc(N2CCN(c3cccc(Cl)c3)CC2)nc1. The van der Waals surface area contributed by atoms with Crippen molar-refractivity contribution < 1.29 is 4.79 Å². The van der Waals surface area contributed by atoms with Gasteiger partial charge >= 0.3 is 0 Å². The standard InChI is InChI=1S/C18H20ClN5O/c1-2-6-20-17(25)14-12-21-18(22-13-14)24-9-7-23(8-10-24)16-5-3-4-15(19)11-16/h2-5,11-13H,1,6-10H2,(H,20,25). The van der Waals surface area contributed by atoms with Gasteiger partial charge in [-0.3, -0.25) is 4.79 Å². The van der Waals surface area contributed by atoms with Crippen LogP contribution in [-0.4, -0.2) is 48.6 Å². The fourth-order valence-corrected chi connectivity index (χ4v) is 2.89. The van der Waals surface area contributed by atoms with Gasteiger partial charge in [-0.05, 0) is 18.2 Å². The molecule has 1 amide bonds. The largest absolute Gasteiger partial charge is 0.368 e. The van der Waals surface area contributed by atoms with Gasteiger partial charge in [0.15, 0.2) is 0 Å². The van der Waals surface area contributed by atoms with E-state index in [1.807, 2.05) is 18.2 Å². The van der Waals surface area contributed by atoms with Crippen molar-refractivity contribution in [2.45, 2.75) is 0 Å². The van der Waals surface area contributed by atoms with Gasteiger partial charge in [0.1, 0.15) is 0 Å². The van der Waals surface area contributed by atoms with Crippen molar-refractivity contribution in [1.29, 1.82) is 0 Å². The van der Waals surface area contributed by atoms with Gasteiger partial charge in [-0.15, -0.1) is 6.58 Å². The Kier molecular flexibility index (Phi) is 5.50. The van der Waals surface area contributed by atoms with E-state index in [0.29, 0.717) is 18.1 Å². The fourth-order valence-electron chi connectivity index (χ4n) is 2.71. The molecule has 1 N–H and O–H groups in total. The molecule has 0 unspecified atom stereocenters. The molecule has 1 aromatic carbocycles. The first-order valence-electron chi connectivity index (χ1n) is 8.14. The third-order valence-corrected chi connectivity index (χ3v) is 4.28. The summed E-state index contributed by atoms with van der Waals surface area (Å²) < 4.78 is 0. The minimum absolute atomic E-state index is 0.197. The zero-order chi connectivity index (χ0) is 17.6. The summed E-state index contributed by atoms with van der Waals surface area (Å²) >= 11 is 6.07. The number of anilines is 2. The van der Waals surface area contributed by atoms with Crippen molar-refractivity contribution >= 4 is 29.1 Å². The van der Waals surface area contributed by atoms with E-state index >= 15 is 0 Å². The molecule has 6 nitrogen and oxygen atoms in total. The van der Waals surface area contributed by atoms with E-state index in [-0.39, 0.29) is 5.91 Å². The summed E-state index contributed by atoms with van der Waals surface area (Å²) in [7, 11) is 0. The van der Waals surface area contributed by atoms with Crippen LogP contribution in [0.2, 0.25) is 5.02 Å². The summed E-state index contributed by atoms with van der Waals surface area (Å²) in [6.07, 6.45) is 4.75. The lowest BCUT2D eigenvalue weighted by Crippen LogP contribution is -2.47. The van der Waals surface area contributed by atoms with Crippen LogP contribution in [0.25, 0.3) is 0 Å². The molecule has 25 heavy (non-hydrogen) atoms. The zero-order valence-corrected chi connectivity index (χ0v) is 14.6. The van der Waals surface area contributed by atoms with Crippen molar-refractivity contribution in [3.05, 3.63) is 59.9 Å². The Labute approximate surface area is 152 Å². The average Bonchev–Trinajstić information content (AvgIpc) is 2.66. The quantitative estimate of drug-likeness (QED) is 0.832. The molecule has 1 fully saturated rings. The van der Waals surface area contributed by atoms with E-state index in [1.54, 1.807) is 18.5 Å². The Morgan fingerprint density at radius 2 is 1.88 bits per heavy atom. The molecule has 3 rings (SSSR count). The molecule has 130 valence electrons. The molecule has 0 radical (unpaired) electrons. The summed E-state index contributed by atoms with van der Waals surface area (Å²) in [6, 6.07) is 7.88. The molecule has 0 saturated carbocycles. The number of amides is 1. The molecule has 0 spiro atoms. The number of hydrogen-bond donors (Lipinski definition) is 1. The lowest BCUT2D eigenvalue weighted by Gasteiger charge is -2.36. The highest BCUT2D eigenvalue weighted by Crippen LogP contribution is 2.21. The van der Waals surface area contributed by atoms with Crippen LogP contribution in [0.3, 0.4) is 0 Å². The molecule has 1 aliphatic rings. The number of hydrogen-bond acceptors (Lipinski definition) is 5. The minimum Gasteiger partial charge on any atom is -0.368 e. The van der Waals surface area contributed by atoms with Gasteiger partial charge < -0.3 is 15.1 Å². The molecule has 7 heteroatoms. The first-order valence-corrected chi connectivity index (χ1v) is 8.52. The first kappa shape index (κ1) is 17.2. The van der Waals surface area contributed by atoms with Crippen LogP contribution < -0.4 is 15.1 Å². The number of aromatic nitrogens is 2. The third kappa shape index (κ3) is 4.28. The highest BCUT2D eigenvalue weighted by molar-refractivity contribution is 6.30. The van der Waals surface area contributed by atoms with E-state index in [1.165, 1.54) is 0 Å². The Morgan fingerprint density at radius 3 is 2.52 bits per heavy atom. The number of carbonyl (C=O) groups excluding carboxylic acids is 1. The van der Waals surface area contributed by atoms with Crippen LogP contribution in [0, 0.1) is 0 Å². The smallest absolute Gasteiger partial charge is 0.254 e. The van der Waals surface area contributed by atoms with Gasteiger partial charge in [0.25, 0.3) is 5.91 Å². The number of rotatable bonds is 5. The van der Waals surface area contributed by atoms with Crippen molar-refractivity contribution in [2.24, 2.45) is 0 Å². The molecule has 2 aromatic rings. The van der Waals surface area contributed by atoms with E-state index in [9.17, 15) is 4.79 Å². The van der Waals surface area contributed by atoms with Crippen LogP contribution in [0.1, 0.15) is 10.4 Å². The summed E-state index contributed by atoms with van der Waals surface area (Å²) in [5.74, 6) is 0.447. The lowest BCUT2D eigenvalue weighted by atomic mass is 10.2. The monoisotopic (exact) mass is 357 g/mol. The summed E-state index contributed by atoms with van der Waals surface area (Å²) in [5.41, 5.74) is 1.57. The van der Waals surface area contributed by atoms with Crippen molar-refractivity contribution in [3.8, 4) is 0 Å². The van der Waals surface area contributed by atoms with Gasteiger partial charge in [0.05, 0.1) is 5.56 Å². The predicted molar refractivity (Wildman–Crippen MR) is 100 cm³/mol. The maximum absolute atomic E-state index is 11.8. The molecule has 0 bridgehead atoms. The van der Waals surface area contributed by atoms with E-state index < -0.39 is 0 Å². The second-order valence-corrected chi connectivity index (χ2v) is 6.16. The zero-order valence-electron chi connectivity index (χ0n) is 13.9. The first-order chi connectivity index (χ1) is 12.2. The van der Waals surface area contributed by atoms with Gasteiger partial charge in [-0.25, -0.2) is 9.97 Å². The maximum Gasteiger partial charge on any atom is 0.254 e. The van der Waals surface area contributed by atoms with Crippen LogP contribution in [0.4, 0.5) is 11.6 Å². The molecule has 0 atom stereocenters. The molecule has 1 aromatic heterocycles. The molecular formula is C18H20ClN5O. The van der Waals surface area contributed by atoms with E-state index in [2.05, 4.69) is 37.7 Å². The average molecular weight is 358 g/mol. The minimum atomic E-state index is -0.197. The molecule has 1 aliphatic heterocycles. The number of halogens is 1. The van der Waals surface area contributed by atoms with Gasteiger partial charge in [0, 0.05) is 55.8 Å². The summed E-state index contributed by atoms with van der Waals surface area (Å²) in [5, 5.41) is 3.45. The van der Waals surface area contributed by atoms with Gasteiger partial charge in [0.2, 0.25) is 5.95 Å². The number of nitrogens with zero attached hydrogens (tertiary/aromatic N) is 4. The van der Waals surface area contributed by atoms with Crippen molar-refractivity contribution in [3.63, 3.8) is 0 Å². The van der Waals surface area contributed by atoms with Gasteiger partial charge in [-0.2, -0.15) is 0 Å². The lowest BCUT2D eigenvalue weighted by molar-refractivity contribution is 0.0957. The number of benzene rings is 1. The van der Waals surface area contributed by atoms with Crippen LogP contribution in [-0.2, 0) is 0 Å². The molecule has 1 saturated heterocycles. The van der Waals surface area contributed by atoms with Crippen LogP contribution in [0.15, 0.2) is 49.3 Å². The Morgan fingerprint density at radius 1 is 1.20 bits per heavy atom. The highest BCUT2D eigenvalue weighted by Gasteiger charge is 2.19. The Bertz CT molecular complexity index is 741. The predicted octanol–water partition coefficient (Wildman–Crippen LogP) is 2.37. The Hall–Kier alpha value is -2.60. The van der Waals surface area contributed by atoms with Gasteiger partial charge in [-0.1, -0.05) is 23.7 Å². The normalized spacial score (nSPS) is 14.3. The van der Waals surface area contributed by atoms with Crippen molar-refractivity contribution in [2.75, 3.05) is 42.5 Å². The molecule has 0 aliphatic carbocycles. The maximum atomic E-state index is 11.8. The summed E-state index contributed by atoms with van der Waals surface area (Å²) in [6.45, 7) is 7.35. The second kappa shape index (κ2) is 7.98. The van der Waals surface area contributed by atoms with Crippen LogP contribution >= 0.6 is 11.6 Å². The fraction of sp³-hybridized carbons (Fsp3) is 0.278. The van der Waals surface area contributed by atoms with Crippen LogP contribution in [0.5, 0.6) is 0 Å². The topological polar surface area (TPSA) is 61.4 Å². The van der Waals surface area contributed by atoms with Crippen molar-refractivity contribution in [1.82, 2.24) is 15.3 Å². The number of nitrogens with one attached hydrogen (secondary N) is 1. The van der Waals surface area contributed by atoms with E-state index in [0.717, 1.165) is 36.9 Å². The number of carbonyl (C=O) groups is 1. The molecular weight excluding hydrogens is 338 g/mol. The summed E-state index contributed by atoms with van der Waals surface area (Å²) in [4.78, 5) is 24.9. The second-order valence-electron chi connectivity index (χ2n) is 5.72. The number of piperazine rings is 1. The molecule has 2 heterocycles. The Balaban J connectivity index is 1.59. The van der Waals surface area contributed by atoms with E-state index in [4.69, 9.17) is 11.6 Å². The highest BCUT2D eigenvalue weighted by atomic mass is 35.5.